The minimum atomic E-state index is -0.591. The van der Waals surface area contributed by atoms with Crippen molar-refractivity contribution in [3.8, 4) is 5.69 Å². The van der Waals surface area contributed by atoms with Crippen LogP contribution in [0, 0.1) is 13.8 Å². The summed E-state index contributed by atoms with van der Waals surface area (Å²) in [6.07, 6.45) is 1.62. The van der Waals surface area contributed by atoms with Crippen LogP contribution in [0.25, 0.3) is 16.7 Å². The van der Waals surface area contributed by atoms with E-state index >= 15 is 0 Å². The molecule has 0 fully saturated rings. The minimum Gasteiger partial charge on any atom is -0.452 e. The number of fused-ring (bicyclic) bond motifs is 1. The van der Waals surface area contributed by atoms with Gasteiger partial charge in [0.15, 0.2) is 12.3 Å². The summed E-state index contributed by atoms with van der Waals surface area (Å²) >= 11 is 0. The Morgan fingerprint density at radius 3 is 2.46 bits per heavy atom. The van der Waals surface area contributed by atoms with Crippen LogP contribution >= 0.6 is 0 Å². The molecule has 4 rings (SSSR count). The molecule has 9 nitrogen and oxygen atoms in total. The van der Waals surface area contributed by atoms with E-state index in [0.717, 1.165) is 17.1 Å². The zero-order valence-electron chi connectivity index (χ0n) is 20.9. The molecule has 0 saturated carbocycles. The first-order valence-corrected chi connectivity index (χ1v) is 11.6. The Balaban J connectivity index is 1.52. The number of para-hydroxylation sites is 1. The molecule has 3 heterocycles. The third-order valence-corrected chi connectivity index (χ3v) is 5.78. The van der Waals surface area contributed by atoms with Gasteiger partial charge in [0.05, 0.1) is 39.9 Å². The number of amides is 1. The number of esters is 1. The second-order valence-electron chi connectivity index (χ2n) is 9.09. The molecule has 182 valence electrons. The molecule has 0 aliphatic carbocycles. The van der Waals surface area contributed by atoms with Gasteiger partial charge in [-0.2, -0.15) is 10.2 Å². The third-order valence-electron chi connectivity index (χ3n) is 5.78. The number of hydrogen-bond acceptors (Lipinski definition) is 6. The number of aryl methyl sites for hydroxylation is 1. The van der Waals surface area contributed by atoms with Gasteiger partial charge in [0, 0.05) is 11.7 Å². The Bertz CT molecular complexity index is 1390. The highest BCUT2D eigenvalue weighted by atomic mass is 16.5. The molecule has 4 aromatic rings. The van der Waals surface area contributed by atoms with Crippen LogP contribution < -0.4 is 5.32 Å². The fourth-order valence-corrected chi connectivity index (χ4v) is 3.91. The van der Waals surface area contributed by atoms with Gasteiger partial charge in [-0.1, -0.05) is 32.0 Å². The predicted octanol–water partition coefficient (Wildman–Crippen LogP) is 4.73. The largest absolute Gasteiger partial charge is 0.452 e. The molecule has 0 atom stereocenters. The third kappa shape index (κ3) is 4.80. The lowest BCUT2D eigenvalue weighted by Crippen LogP contribution is -2.22. The van der Waals surface area contributed by atoms with Crippen LogP contribution in [-0.4, -0.2) is 43.0 Å². The first-order valence-electron chi connectivity index (χ1n) is 11.6. The van der Waals surface area contributed by atoms with E-state index in [0.29, 0.717) is 28.0 Å². The molecule has 1 aromatic carbocycles. The van der Waals surface area contributed by atoms with E-state index in [2.05, 4.69) is 15.5 Å². The summed E-state index contributed by atoms with van der Waals surface area (Å²) in [5, 5.41) is 12.4. The summed E-state index contributed by atoms with van der Waals surface area (Å²) in [4.78, 5) is 30.4. The number of benzene rings is 1. The quantitative estimate of drug-likeness (QED) is 0.388. The molecular weight excluding hydrogens is 444 g/mol. The van der Waals surface area contributed by atoms with Crippen LogP contribution in [0.3, 0.4) is 0 Å². The van der Waals surface area contributed by atoms with Gasteiger partial charge < -0.3 is 10.1 Å². The smallest absolute Gasteiger partial charge is 0.339 e. The number of nitrogens with zero attached hydrogens (tertiary/aromatic N) is 5. The van der Waals surface area contributed by atoms with Gasteiger partial charge in [-0.05, 0) is 51.8 Å². The molecule has 1 N–H and O–H groups in total. The van der Waals surface area contributed by atoms with Gasteiger partial charge in [0.2, 0.25) is 0 Å². The van der Waals surface area contributed by atoms with Crippen molar-refractivity contribution in [2.75, 3.05) is 11.9 Å². The second-order valence-corrected chi connectivity index (χ2v) is 9.09. The van der Waals surface area contributed by atoms with Gasteiger partial charge in [0.25, 0.3) is 5.91 Å². The molecule has 0 saturated heterocycles. The molecule has 9 heteroatoms. The fraction of sp³-hybridized carbons (Fsp3) is 0.346. The van der Waals surface area contributed by atoms with Crippen LogP contribution in [-0.2, 0) is 9.53 Å². The number of ether oxygens (including phenoxy) is 1. The average molecular weight is 475 g/mol. The molecule has 0 aliphatic heterocycles. The van der Waals surface area contributed by atoms with Gasteiger partial charge in [-0.25, -0.2) is 19.1 Å². The Hall–Kier alpha value is -4.01. The standard InChI is InChI=1S/C26H30N6O3/c1-15(2)22-12-20(21-13-27-31(16(3)4)25(21)28-22)26(34)35-14-23(33)29-24-17(5)30-32(18(24)6)19-10-8-7-9-11-19/h7-13,15-16H,14H2,1-6H3,(H,29,33). The maximum atomic E-state index is 13.0. The van der Waals surface area contributed by atoms with Crippen LogP contribution in [0.5, 0.6) is 0 Å². The van der Waals surface area contributed by atoms with E-state index in [1.54, 1.807) is 21.6 Å². The predicted molar refractivity (Wildman–Crippen MR) is 134 cm³/mol. The van der Waals surface area contributed by atoms with Crippen LogP contribution in [0.4, 0.5) is 5.69 Å². The lowest BCUT2D eigenvalue weighted by Gasteiger charge is -2.12. The summed E-state index contributed by atoms with van der Waals surface area (Å²) in [7, 11) is 0. The van der Waals surface area contributed by atoms with Crippen LogP contribution in [0.2, 0.25) is 0 Å². The Kier molecular flexibility index (Phi) is 6.68. The zero-order chi connectivity index (χ0) is 25.3. The number of aromatic nitrogens is 5. The lowest BCUT2D eigenvalue weighted by atomic mass is 10.1. The maximum Gasteiger partial charge on any atom is 0.339 e. The second kappa shape index (κ2) is 9.69. The highest BCUT2D eigenvalue weighted by Crippen LogP contribution is 2.25. The number of hydrogen-bond donors (Lipinski definition) is 1. The molecule has 3 aromatic heterocycles. The molecule has 0 unspecified atom stereocenters. The van der Waals surface area contributed by atoms with Crippen LogP contribution in [0.1, 0.15) is 67.1 Å². The van der Waals surface area contributed by atoms with Gasteiger partial charge in [-0.15, -0.1) is 0 Å². The van der Waals surface area contributed by atoms with E-state index in [1.807, 2.05) is 71.9 Å². The summed E-state index contributed by atoms with van der Waals surface area (Å²) in [5.74, 6) is -0.924. The fourth-order valence-electron chi connectivity index (χ4n) is 3.91. The molecule has 0 spiro atoms. The average Bonchev–Trinajstić information content (AvgIpc) is 3.39. The SMILES string of the molecule is Cc1nn(-c2ccccc2)c(C)c1NC(=O)COC(=O)c1cc(C(C)C)nc2c1cnn2C(C)C. The summed E-state index contributed by atoms with van der Waals surface area (Å²) < 4.78 is 8.95. The number of rotatable bonds is 7. The first kappa shape index (κ1) is 24.1. The number of pyridine rings is 1. The topological polar surface area (TPSA) is 104 Å². The number of carbonyl (C=O) groups excluding carboxylic acids is 2. The van der Waals surface area contributed by atoms with Gasteiger partial charge in [-0.3, -0.25) is 4.79 Å². The van der Waals surface area contributed by atoms with E-state index in [-0.39, 0.29) is 12.0 Å². The van der Waals surface area contributed by atoms with Crippen molar-refractivity contribution in [2.45, 2.75) is 53.5 Å². The van der Waals surface area contributed by atoms with Crippen molar-refractivity contribution in [1.82, 2.24) is 24.5 Å². The summed E-state index contributed by atoms with van der Waals surface area (Å²) in [6.45, 7) is 11.3. The van der Waals surface area contributed by atoms with Crippen molar-refractivity contribution in [1.29, 1.82) is 0 Å². The molecular formula is C26H30N6O3. The molecule has 0 radical (unpaired) electrons. The Morgan fingerprint density at radius 2 is 1.80 bits per heavy atom. The Morgan fingerprint density at radius 1 is 1.09 bits per heavy atom. The zero-order valence-corrected chi connectivity index (χ0v) is 20.9. The van der Waals surface area contributed by atoms with Gasteiger partial charge in [0.1, 0.15) is 0 Å². The van der Waals surface area contributed by atoms with Crippen molar-refractivity contribution < 1.29 is 14.3 Å². The molecule has 1 amide bonds. The van der Waals surface area contributed by atoms with Crippen molar-refractivity contribution >= 4 is 28.6 Å². The van der Waals surface area contributed by atoms with Gasteiger partial charge >= 0.3 is 5.97 Å². The number of nitrogens with one attached hydrogen (secondary N) is 1. The normalized spacial score (nSPS) is 11.4. The van der Waals surface area contributed by atoms with Crippen LogP contribution in [0.15, 0.2) is 42.6 Å². The number of carbonyl (C=O) groups is 2. The lowest BCUT2D eigenvalue weighted by molar-refractivity contribution is -0.119. The Labute approximate surface area is 204 Å². The molecule has 35 heavy (non-hydrogen) atoms. The van der Waals surface area contributed by atoms with E-state index in [4.69, 9.17) is 9.72 Å². The van der Waals surface area contributed by atoms with E-state index in [9.17, 15) is 9.59 Å². The van der Waals surface area contributed by atoms with E-state index in [1.165, 1.54) is 0 Å². The maximum absolute atomic E-state index is 13.0. The number of anilines is 1. The van der Waals surface area contributed by atoms with E-state index < -0.39 is 18.5 Å². The molecule has 0 bridgehead atoms. The highest BCUT2D eigenvalue weighted by molar-refractivity contribution is 6.04. The first-order chi connectivity index (χ1) is 16.7. The van der Waals surface area contributed by atoms with Crippen molar-refractivity contribution in [3.05, 3.63) is 65.2 Å². The van der Waals surface area contributed by atoms with Crippen molar-refractivity contribution in [2.24, 2.45) is 0 Å². The highest BCUT2D eigenvalue weighted by Gasteiger charge is 2.21. The molecule has 0 aliphatic rings. The summed E-state index contributed by atoms with van der Waals surface area (Å²) in [6, 6.07) is 11.5. The summed E-state index contributed by atoms with van der Waals surface area (Å²) in [5.41, 5.74) is 4.68. The van der Waals surface area contributed by atoms with Crippen molar-refractivity contribution in [3.63, 3.8) is 0 Å². The monoisotopic (exact) mass is 474 g/mol. The minimum absolute atomic E-state index is 0.0836.